The number of nitrogens with two attached hydrogens (primary N) is 2. The van der Waals surface area contributed by atoms with E-state index in [-0.39, 0.29) is 0 Å². The molecule has 40 heteroatoms. The van der Waals surface area contributed by atoms with Crippen LogP contribution in [0, 0.1) is 0 Å². The molecule has 0 saturated heterocycles. The van der Waals surface area contributed by atoms with E-state index >= 15 is 0 Å². The van der Waals surface area contributed by atoms with Gasteiger partial charge in [-0.15, -0.1) is 0 Å². The second kappa shape index (κ2) is 37.4. The van der Waals surface area contributed by atoms with Gasteiger partial charge in [0.25, 0.3) is 0 Å². The highest BCUT2D eigenvalue weighted by atomic mass is 16.0. The molecule has 0 bridgehead atoms. The third-order valence-electron chi connectivity index (χ3n) is 2.33. The van der Waals surface area contributed by atoms with Gasteiger partial charge >= 0.3 is 0 Å². The summed E-state index contributed by atoms with van der Waals surface area (Å²) in [6.45, 7) is 0. The summed E-state index contributed by atoms with van der Waals surface area (Å²) in [5.74, 6) is 9.86. The lowest BCUT2D eigenvalue weighted by molar-refractivity contribution is 0.180. The van der Waals surface area contributed by atoms with Crippen molar-refractivity contribution in [3.63, 3.8) is 0 Å². The topological polar surface area (TPSA) is 509 Å². The summed E-state index contributed by atoms with van der Waals surface area (Å²) in [7, 11) is 0. The van der Waals surface area contributed by atoms with E-state index in [1.807, 2.05) is 0 Å². The lowest BCUT2D eigenvalue weighted by atomic mass is 12.0. The molecule has 0 rings (SSSR count). The molecule has 0 aliphatic heterocycles. The minimum atomic E-state index is 2.12. The van der Waals surface area contributed by atoms with Crippen LogP contribution in [-0.4, -0.2) is 0 Å². The molecule has 0 aromatic carbocycles. The molecule has 0 aliphatic carbocycles. The van der Waals surface area contributed by atoms with E-state index in [9.17, 15) is 0 Å². The molecule has 40 heavy (non-hydrogen) atoms. The van der Waals surface area contributed by atoms with Crippen molar-refractivity contribution in [1.29, 1.82) is 0 Å². The van der Waals surface area contributed by atoms with E-state index in [2.05, 4.69) is 210 Å². The predicted molar refractivity (Wildman–Crippen MR) is 128 cm³/mol. The van der Waals surface area contributed by atoms with Crippen molar-refractivity contribution in [1.82, 2.24) is 210 Å². The molecule has 42 N–H and O–H groups in total. The minimum Gasteiger partial charge on any atom is -0.257 e. The molecule has 242 valence electrons. The van der Waals surface area contributed by atoms with Gasteiger partial charge in [0, 0.05) is 0 Å². The molecule has 0 aromatic heterocycles. The first-order chi connectivity index (χ1) is 19.9. The second-order valence-electron chi connectivity index (χ2n) is 4.79. The van der Waals surface area contributed by atoms with E-state index in [1.54, 1.807) is 0 Å². The normalized spacial score (nSPS) is 11.6. The van der Waals surface area contributed by atoms with Gasteiger partial charge in [-0.2, -0.15) is 210 Å². The van der Waals surface area contributed by atoms with Crippen LogP contribution in [0.25, 0.3) is 0 Å². The monoisotopic (exact) mass is 602 g/mol. The van der Waals surface area contributed by atoms with Crippen molar-refractivity contribution >= 4 is 0 Å². The fourth-order valence-corrected chi connectivity index (χ4v) is 1.13. The summed E-state index contributed by atoms with van der Waals surface area (Å²) in [6.07, 6.45) is 0. The molecule has 0 spiro atoms. The zero-order valence-electron chi connectivity index (χ0n) is 20.2. The Bertz CT molecular complexity index is 361. The van der Waals surface area contributed by atoms with Crippen LogP contribution < -0.4 is 222 Å². The van der Waals surface area contributed by atoms with Crippen molar-refractivity contribution in [3.8, 4) is 0 Å². The van der Waals surface area contributed by atoms with Gasteiger partial charge in [0.05, 0.1) is 0 Å². The third-order valence-corrected chi connectivity index (χ3v) is 2.33. The molecule has 0 amide bonds. The van der Waals surface area contributed by atoms with Crippen LogP contribution in [0.1, 0.15) is 0 Å². The largest absolute Gasteiger partial charge is 0.257 e. The van der Waals surface area contributed by atoms with Gasteiger partial charge in [0.15, 0.2) is 0 Å². The quantitative estimate of drug-likeness (QED) is 0.0178. The van der Waals surface area contributed by atoms with Crippen LogP contribution in [0.2, 0.25) is 0 Å². The molecule has 0 atom stereocenters. The van der Waals surface area contributed by atoms with Gasteiger partial charge in [0.1, 0.15) is 0 Å². The Hall–Kier alpha value is -1.60. The van der Waals surface area contributed by atoms with E-state index in [0.717, 1.165) is 0 Å². The third kappa shape index (κ3) is 36.4. The highest BCUT2D eigenvalue weighted by Gasteiger charge is 1.86. The first-order valence-corrected chi connectivity index (χ1v) is 9.83. The predicted octanol–water partition coefficient (Wildman–Crippen LogP) is -20.0. The van der Waals surface area contributed by atoms with Gasteiger partial charge in [-0.1, -0.05) is 0 Å². The van der Waals surface area contributed by atoms with Crippen LogP contribution in [0.5, 0.6) is 0 Å². The fourth-order valence-electron chi connectivity index (χ4n) is 1.13. The second-order valence-corrected chi connectivity index (χ2v) is 4.79. The van der Waals surface area contributed by atoms with Crippen molar-refractivity contribution in [3.05, 3.63) is 0 Å². The van der Waals surface area contributed by atoms with Crippen molar-refractivity contribution in [2.45, 2.75) is 0 Å². The Kier molecular flexibility index (Phi) is 35.9. The fraction of sp³-hybridized carbons (Fsp3) is 0. The van der Waals surface area contributed by atoms with E-state index in [4.69, 9.17) is 11.7 Å². The highest BCUT2D eigenvalue weighted by molar-refractivity contribution is 4.20. The van der Waals surface area contributed by atoms with Crippen LogP contribution in [0.15, 0.2) is 0 Å². The average Bonchev–Trinajstić information content (AvgIpc) is 2.97. The van der Waals surface area contributed by atoms with E-state index in [0.29, 0.717) is 0 Å². The van der Waals surface area contributed by atoms with E-state index in [1.165, 1.54) is 0 Å². The van der Waals surface area contributed by atoms with Crippen LogP contribution in [0.3, 0.4) is 0 Å². The maximum absolute atomic E-state index is 4.93. The molecule has 0 aromatic rings. The number of hydrazine groups is 39. The summed E-state index contributed by atoms with van der Waals surface area (Å²) >= 11 is 0. The Morgan fingerprint density at radius 1 is 0.125 bits per heavy atom. The molecule has 0 heterocycles. The number of nitrogens with one attached hydrogen (secondary N) is 38. The van der Waals surface area contributed by atoms with E-state index < -0.39 is 0 Å². The average molecular weight is 603 g/mol. The Balaban J connectivity index is 3.01. The lowest BCUT2D eigenvalue weighted by Crippen LogP contribution is -2.70. The first-order valence-electron chi connectivity index (χ1n) is 9.83. The summed E-state index contributed by atoms with van der Waals surface area (Å²) < 4.78 is 0. The minimum absolute atomic E-state index is 2.12. The Morgan fingerprint density at radius 2 is 0.200 bits per heavy atom. The van der Waals surface area contributed by atoms with Gasteiger partial charge in [0.2, 0.25) is 0 Å². The Labute approximate surface area is 223 Å². The summed E-state index contributed by atoms with van der Waals surface area (Å²) in [5, 5.41) is 0. The van der Waals surface area contributed by atoms with Crippen LogP contribution in [-0.2, 0) is 0 Å². The molecular formula is H42N40. The zero-order chi connectivity index (χ0) is 28.9. The maximum atomic E-state index is 4.93. The Morgan fingerprint density at radius 3 is 0.275 bits per heavy atom. The van der Waals surface area contributed by atoms with Gasteiger partial charge < -0.3 is 0 Å². The number of hydrogen-bond acceptors (Lipinski definition) is 40. The first kappa shape index (κ1) is 38.4. The van der Waals surface area contributed by atoms with Gasteiger partial charge in [-0.05, 0) is 0 Å². The van der Waals surface area contributed by atoms with Gasteiger partial charge in [-0.25, -0.2) is 0 Å². The number of rotatable bonds is 37. The van der Waals surface area contributed by atoms with Gasteiger partial charge in [-0.3, -0.25) is 11.7 Å². The lowest BCUT2D eigenvalue weighted by Gasteiger charge is -2.16. The van der Waals surface area contributed by atoms with Crippen molar-refractivity contribution < 1.29 is 0 Å². The molecule has 0 radical (unpaired) electrons. The maximum Gasteiger partial charge on any atom is -0.164 e. The summed E-state index contributed by atoms with van der Waals surface area (Å²) in [5.41, 5.74) is 93.1. The molecule has 0 fully saturated rings. The molecule has 0 saturated carbocycles. The van der Waals surface area contributed by atoms with Crippen molar-refractivity contribution in [2.24, 2.45) is 11.7 Å². The van der Waals surface area contributed by atoms with Crippen LogP contribution in [0.4, 0.5) is 0 Å². The highest BCUT2D eigenvalue weighted by Crippen LogP contribution is 1.32. The summed E-state index contributed by atoms with van der Waals surface area (Å²) in [6, 6.07) is 0. The molecule has 0 unspecified atom stereocenters. The SMILES string of the molecule is NNNNNNNNNNNNNNNNNNNNNNNNNNNNNNNNNNNNNNNN. The standard InChI is InChI=1S/H42N40/c1-3-5-7-9-11-13-15-17-19-21-23-25-27-29-31-33-35-37-39-40-38-36-34-32-30-28-26-24-22-20-18-16-14-12-10-8-6-4-2/h3-40H,1-2H2. The smallest absolute Gasteiger partial charge is 0.164 e. The molecule has 40 nitrogen and oxygen atoms in total. The molecular weight excluding hydrogens is 560 g/mol. The summed E-state index contributed by atoms with van der Waals surface area (Å²) in [4.78, 5) is 0. The zero-order valence-corrected chi connectivity index (χ0v) is 20.2. The van der Waals surface area contributed by atoms with Crippen LogP contribution >= 0.6 is 0 Å². The number of hydrogen-bond donors (Lipinski definition) is 40. The molecule has 0 aliphatic rings. The van der Waals surface area contributed by atoms with Crippen molar-refractivity contribution in [2.75, 3.05) is 0 Å².